The van der Waals surface area contributed by atoms with Crippen molar-refractivity contribution >= 4 is 35.2 Å². The SMILES string of the molecule is COc1cc(N(Cl)C(=O)CCCNCCC(C)(C)OC(=O)Nc2ccccc2-c2ccccc2)ccc1CO. The van der Waals surface area contributed by atoms with Crippen molar-refractivity contribution in [2.24, 2.45) is 0 Å². The van der Waals surface area contributed by atoms with E-state index in [0.29, 0.717) is 48.6 Å². The van der Waals surface area contributed by atoms with Crippen LogP contribution in [0.5, 0.6) is 5.75 Å². The molecule has 0 fully saturated rings. The van der Waals surface area contributed by atoms with Gasteiger partial charge in [-0.3, -0.25) is 10.1 Å². The third-order valence-electron chi connectivity index (χ3n) is 6.15. The molecule has 0 spiro atoms. The van der Waals surface area contributed by atoms with Crippen LogP contribution in [0.25, 0.3) is 11.1 Å². The molecule has 0 saturated heterocycles. The number of amides is 2. The maximum Gasteiger partial charge on any atom is 0.412 e. The van der Waals surface area contributed by atoms with Gasteiger partial charge in [0.2, 0.25) is 5.91 Å². The molecule has 0 atom stereocenters. The number of para-hydroxylation sites is 1. The van der Waals surface area contributed by atoms with Crippen LogP contribution in [0.2, 0.25) is 0 Å². The molecule has 0 aliphatic heterocycles. The van der Waals surface area contributed by atoms with Crippen LogP contribution < -0.4 is 19.8 Å². The maximum absolute atomic E-state index is 12.7. The smallest absolute Gasteiger partial charge is 0.412 e. The van der Waals surface area contributed by atoms with E-state index in [0.717, 1.165) is 15.5 Å². The summed E-state index contributed by atoms with van der Waals surface area (Å²) in [7, 11) is 1.49. The van der Waals surface area contributed by atoms with Gasteiger partial charge in [0.1, 0.15) is 11.4 Å². The molecule has 3 N–H and O–H groups in total. The Hall–Kier alpha value is -3.59. The van der Waals surface area contributed by atoms with Gasteiger partial charge in [0.05, 0.1) is 25.1 Å². The third-order valence-corrected chi connectivity index (χ3v) is 6.54. The molecule has 3 rings (SSSR count). The van der Waals surface area contributed by atoms with Crippen LogP contribution >= 0.6 is 11.8 Å². The predicted molar refractivity (Wildman–Crippen MR) is 155 cm³/mol. The molecule has 0 aliphatic rings. The van der Waals surface area contributed by atoms with Gasteiger partial charge in [0, 0.05) is 35.4 Å². The molecule has 3 aromatic carbocycles. The summed E-state index contributed by atoms with van der Waals surface area (Å²) in [5.41, 5.74) is 3.01. The number of nitrogens with one attached hydrogen (secondary N) is 2. The fraction of sp³-hybridized carbons (Fsp3) is 0.333. The van der Waals surface area contributed by atoms with Crippen molar-refractivity contribution in [2.45, 2.75) is 45.3 Å². The summed E-state index contributed by atoms with van der Waals surface area (Å²) >= 11 is 6.22. The molecule has 0 unspecified atom stereocenters. The number of hydrogen-bond donors (Lipinski definition) is 3. The number of anilines is 2. The summed E-state index contributed by atoms with van der Waals surface area (Å²) in [5, 5.41) is 15.5. The van der Waals surface area contributed by atoms with Crippen molar-refractivity contribution in [3.8, 4) is 16.9 Å². The highest BCUT2D eigenvalue weighted by Crippen LogP contribution is 2.29. The Balaban J connectivity index is 1.39. The molecule has 0 bridgehead atoms. The van der Waals surface area contributed by atoms with Crippen LogP contribution in [-0.2, 0) is 16.1 Å². The number of halogens is 1. The summed E-state index contributed by atoms with van der Waals surface area (Å²) in [6.45, 7) is 4.78. The van der Waals surface area contributed by atoms with E-state index in [9.17, 15) is 14.7 Å². The number of methoxy groups -OCH3 is 1. The molecule has 0 aliphatic carbocycles. The Morgan fingerprint density at radius 1 is 1.00 bits per heavy atom. The highest BCUT2D eigenvalue weighted by atomic mass is 35.5. The number of hydrogen-bond acceptors (Lipinski definition) is 6. The number of rotatable bonds is 13. The molecular formula is C30H36ClN3O5. The first-order valence-corrected chi connectivity index (χ1v) is 13.2. The van der Waals surface area contributed by atoms with E-state index >= 15 is 0 Å². The van der Waals surface area contributed by atoms with Gasteiger partial charge in [0.15, 0.2) is 0 Å². The van der Waals surface area contributed by atoms with E-state index in [1.54, 1.807) is 18.2 Å². The Bertz CT molecular complexity index is 1240. The van der Waals surface area contributed by atoms with Crippen molar-refractivity contribution in [3.05, 3.63) is 78.4 Å². The summed E-state index contributed by atoms with van der Waals surface area (Å²) in [5.74, 6) is 0.224. The van der Waals surface area contributed by atoms with E-state index < -0.39 is 11.7 Å². The van der Waals surface area contributed by atoms with Crippen molar-refractivity contribution in [3.63, 3.8) is 0 Å². The lowest BCUT2D eigenvalue weighted by Crippen LogP contribution is -2.34. The number of nitrogens with zero attached hydrogens (tertiary/aromatic N) is 1. The van der Waals surface area contributed by atoms with Crippen LogP contribution in [0.4, 0.5) is 16.2 Å². The second kappa shape index (κ2) is 14.5. The number of carbonyl (C=O) groups is 2. The number of aliphatic hydroxyl groups excluding tert-OH is 1. The first-order valence-electron chi connectivity index (χ1n) is 12.9. The maximum atomic E-state index is 12.7. The number of carbonyl (C=O) groups excluding carboxylic acids is 2. The number of ether oxygens (including phenoxy) is 2. The van der Waals surface area contributed by atoms with Crippen molar-refractivity contribution in [1.29, 1.82) is 0 Å². The first kappa shape index (κ1) is 30.0. The fourth-order valence-corrected chi connectivity index (χ4v) is 4.20. The molecule has 9 heteroatoms. The Morgan fingerprint density at radius 2 is 1.72 bits per heavy atom. The van der Waals surface area contributed by atoms with Crippen LogP contribution in [0.15, 0.2) is 72.8 Å². The van der Waals surface area contributed by atoms with E-state index in [1.807, 2.05) is 68.4 Å². The lowest BCUT2D eigenvalue weighted by atomic mass is 10.0. The monoisotopic (exact) mass is 553 g/mol. The van der Waals surface area contributed by atoms with E-state index in [2.05, 4.69) is 10.6 Å². The average molecular weight is 554 g/mol. The third kappa shape index (κ3) is 8.99. The average Bonchev–Trinajstić information content (AvgIpc) is 2.94. The van der Waals surface area contributed by atoms with Crippen molar-refractivity contribution in [2.75, 3.05) is 29.9 Å². The second-order valence-corrected chi connectivity index (χ2v) is 9.96. The number of aliphatic hydroxyl groups is 1. The Morgan fingerprint density at radius 3 is 2.44 bits per heavy atom. The highest BCUT2D eigenvalue weighted by molar-refractivity contribution is 6.36. The van der Waals surface area contributed by atoms with Gasteiger partial charge < -0.3 is 19.9 Å². The minimum Gasteiger partial charge on any atom is -0.496 e. The largest absolute Gasteiger partial charge is 0.496 e. The first-order chi connectivity index (χ1) is 18.7. The van der Waals surface area contributed by atoms with Gasteiger partial charge in [-0.2, -0.15) is 0 Å². The van der Waals surface area contributed by atoms with Gasteiger partial charge in [-0.05, 0) is 57.5 Å². The number of benzene rings is 3. The standard InChI is InChI=1S/C30H36ClN3O5/c1-30(2,39-29(37)33-26-13-8-7-12-25(26)22-10-5-4-6-11-22)17-19-32-18-9-14-28(36)34(31)24-16-15-23(21-35)27(20-24)38-3/h4-8,10-13,15-16,20,32,35H,9,14,17-19,21H2,1-3H3,(H,33,37). The van der Waals surface area contributed by atoms with E-state index in [4.69, 9.17) is 21.3 Å². The zero-order chi connectivity index (χ0) is 28.3. The van der Waals surface area contributed by atoms with Crippen LogP contribution in [-0.4, -0.2) is 42.9 Å². The predicted octanol–water partition coefficient (Wildman–Crippen LogP) is 6.13. The van der Waals surface area contributed by atoms with Gasteiger partial charge in [-0.1, -0.05) is 54.6 Å². The second-order valence-electron chi connectivity index (χ2n) is 9.62. The summed E-state index contributed by atoms with van der Waals surface area (Å²) < 4.78 is 12.0. The molecule has 3 aromatic rings. The molecule has 2 amide bonds. The molecule has 0 saturated carbocycles. The molecular weight excluding hydrogens is 518 g/mol. The van der Waals surface area contributed by atoms with Crippen LogP contribution in [0.3, 0.4) is 0 Å². The van der Waals surface area contributed by atoms with Crippen molar-refractivity contribution < 1.29 is 24.2 Å². The Kier molecular flexibility index (Phi) is 11.2. The lowest BCUT2D eigenvalue weighted by molar-refractivity contribution is -0.117. The van der Waals surface area contributed by atoms with Crippen LogP contribution in [0.1, 0.15) is 38.7 Å². The summed E-state index contributed by atoms with van der Waals surface area (Å²) in [4.78, 5) is 25.1. The van der Waals surface area contributed by atoms with E-state index in [1.165, 1.54) is 7.11 Å². The van der Waals surface area contributed by atoms with Crippen LogP contribution in [0, 0.1) is 0 Å². The van der Waals surface area contributed by atoms with Gasteiger partial charge in [-0.15, -0.1) is 0 Å². The van der Waals surface area contributed by atoms with Gasteiger partial charge >= 0.3 is 6.09 Å². The molecule has 0 heterocycles. The van der Waals surface area contributed by atoms with Gasteiger partial charge in [0.25, 0.3) is 0 Å². The topological polar surface area (TPSA) is 100 Å². The highest BCUT2D eigenvalue weighted by Gasteiger charge is 2.23. The summed E-state index contributed by atoms with van der Waals surface area (Å²) in [6.07, 6.45) is 0.919. The zero-order valence-electron chi connectivity index (χ0n) is 22.6. The molecule has 39 heavy (non-hydrogen) atoms. The minimum atomic E-state index is -0.693. The summed E-state index contributed by atoms with van der Waals surface area (Å²) in [6, 6.07) is 22.4. The fourth-order valence-electron chi connectivity index (χ4n) is 4.01. The normalized spacial score (nSPS) is 11.1. The van der Waals surface area contributed by atoms with Gasteiger partial charge in [-0.25, -0.2) is 9.21 Å². The quantitative estimate of drug-likeness (QED) is 0.174. The molecule has 0 aromatic heterocycles. The van der Waals surface area contributed by atoms with E-state index in [-0.39, 0.29) is 18.9 Å². The van der Waals surface area contributed by atoms with Crippen molar-refractivity contribution in [1.82, 2.24) is 5.32 Å². The molecule has 8 nitrogen and oxygen atoms in total. The molecule has 208 valence electrons. The zero-order valence-corrected chi connectivity index (χ0v) is 23.3. The Labute approximate surface area is 235 Å². The lowest BCUT2D eigenvalue weighted by Gasteiger charge is -2.25. The minimum absolute atomic E-state index is 0.167. The molecule has 0 radical (unpaired) electrons.